The Balaban J connectivity index is 0. The monoisotopic (exact) mass is 307 g/mol. The molecular weight excluding hydrogens is 270 g/mol. The van der Waals surface area contributed by atoms with Gasteiger partial charge in [-0.15, -0.1) is 0 Å². The fraction of sp³-hybridized carbons (Fsp3) is 1.00. The molecule has 3 heteroatoms. The molecule has 0 bridgehead atoms. The van der Waals surface area contributed by atoms with Gasteiger partial charge in [0.15, 0.2) is 0 Å². The Labute approximate surface area is 133 Å². The van der Waals surface area contributed by atoms with Crippen LogP contribution in [0.4, 0.5) is 0 Å². The third kappa shape index (κ3) is 16.3. The van der Waals surface area contributed by atoms with Crippen LogP contribution in [0, 0.1) is 0 Å². The van der Waals surface area contributed by atoms with Gasteiger partial charge in [0.05, 0.1) is 27.2 Å². The van der Waals surface area contributed by atoms with Gasteiger partial charge in [0, 0.05) is 6.61 Å². The molecule has 1 N–H and O–H groups in total. The molecule has 0 aromatic carbocycles. The van der Waals surface area contributed by atoms with Crippen LogP contribution in [0.3, 0.4) is 0 Å². The fourth-order valence-electron chi connectivity index (χ4n) is 2.61. The van der Waals surface area contributed by atoms with E-state index in [2.05, 4.69) is 21.0 Å². The van der Waals surface area contributed by atoms with E-state index in [1.54, 1.807) is 0 Å². The first kappa shape index (κ1) is 22.5. The minimum atomic E-state index is 0. The van der Waals surface area contributed by atoms with Crippen LogP contribution >= 0.6 is 0 Å². The molecule has 20 heavy (non-hydrogen) atoms. The SMILES string of the molecule is CCCCCCCCCCC[N+](C)(C)CCCCO.[Cl-]. The van der Waals surface area contributed by atoms with Gasteiger partial charge in [-0.3, -0.25) is 0 Å². The fourth-order valence-corrected chi connectivity index (χ4v) is 2.61. The Morgan fingerprint density at radius 3 is 1.50 bits per heavy atom. The topological polar surface area (TPSA) is 20.2 Å². The molecule has 0 fully saturated rings. The van der Waals surface area contributed by atoms with Gasteiger partial charge in [-0.25, -0.2) is 0 Å². The molecule has 0 unspecified atom stereocenters. The van der Waals surface area contributed by atoms with Crippen molar-refractivity contribution in [1.29, 1.82) is 0 Å². The molecule has 0 aliphatic carbocycles. The first-order chi connectivity index (χ1) is 9.12. The van der Waals surface area contributed by atoms with Gasteiger partial charge >= 0.3 is 0 Å². The number of nitrogens with zero attached hydrogens (tertiary/aromatic N) is 1. The molecule has 0 aromatic heterocycles. The zero-order chi connectivity index (χ0) is 14.4. The second kappa shape index (κ2) is 15.6. The lowest BCUT2D eigenvalue weighted by Crippen LogP contribution is -3.00. The second-order valence-corrected chi connectivity index (χ2v) is 6.64. The summed E-state index contributed by atoms with van der Waals surface area (Å²) in [5.74, 6) is 0. The highest BCUT2D eigenvalue weighted by Crippen LogP contribution is 2.11. The molecule has 0 saturated heterocycles. The summed E-state index contributed by atoms with van der Waals surface area (Å²) in [6.07, 6.45) is 14.8. The summed E-state index contributed by atoms with van der Waals surface area (Å²) in [5, 5.41) is 8.81. The summed E-state index contributed by atoms with van der Waals surface area (Å²) in [7, 11) is 4.64. The molecule has 0 aliphatic heterocycles. The largest absolute Gasteiger partial charge is 1.00 e. The van der Waals surface area contributed by atoms with E-state index in [0.29, 0.717) is 6.61 Å². The maximum Gasteiger partial charge on any atom is 0.0783 e. The number of hydrogen-bond acceptors (Lipinski definition) is 1. The summed E-state index contributed by atoms with van der Waals surface area (Å²) in [6, 6.07) is 0. The predicted molar refractivity (Wildman–Crippen MR) is 85.4 cm³/mol. The van der Waals surface area contributed by atoms with Crippen molar-refractivity contribution in [2.45, 2.75) is 77.6 Å². The number of aliphatic hydroxyl groups excluding tert-OH is 1. The number of unbranched alkanes of at least 4 members (excludes halogenated alkanes) is 9. The first-order valence-electron chi connectivity index (χ1n) is 8.55. The van der Waals surface area contributed by atoms with E-state index in [4.69, 9.17) is 5.11 Å². The van der Waals surface area contributed by atoms with Crippen LogP contribution in [0.2, 0.25) is 0 Å². The Hall–Kier alpha value is 0.210. The van der Waals surface area contributed by atoms with Gasteiger partial charge in [-0.05, 0) is 25.7 Å². The molecule has 0 heterocycles. The maximum atomic E-state index is 8.81. The molecular formula is C17H38ClNO. The van der Waals surface area contributed by atoms with E-state index >= 15 is 0 Å². The summed E-state index contributed by atoms with van der Waals surface area (Å²) >= 11 is 0. The number of hydrogen-bond donors (Lipinski definition) is 1. The lowest BCUT2D eigenvalue weighted by molar-refractivity contribution is -0.890. The molecule has 2 nitrogen and oxygen atoms in total. The van der Waals surface area contributed by atoms with Crippen molar-refractivity contribution in [3.63, 3.8) is 0 Å². The normalized spacial score (nSPS) is 11.4. The first-order valence-corrected chi connectivity index (χ1v) is 8.55. The summed E-state index contributed by atoms with van der Waals surface area (Å²) in [4.78, 5) is 0. The highest BCUT2D eigenvalue weighted by atomic mass is 35.5. The van der Waals surface area contributed by atoms with Gasteiger partial charge in [-0.2, -0.15) is 0 Å². The van der Waals surface area contributed by atoms with Gasteiger partial charge in [-0.1, -0.05) is 51.9 Å². The molecule has 0 aliphatic rings. The standard InChI is InChI=1S/C17H38NO.ClH/c1-4-5-6-7-8-9-10-11-12-15-18(2,3)16-13-14-17-19;/h19H,4-17H2,1-3H3;1H/q+1;/p-1. The minimum absolute atomic E-state index is 0. The lowest BCUT2D eigenvalue weighted by Gasteiger charge is -2.29. The van der Waals surface area contributed by atoms with E-state index in [0.717, 1.165) is 17.3 Å². The molecule has 0 radical (unpaired) electrons. The smallest absolute Gasteiger partial charge is 0.0783 e. The quantitative estimate of drug-likeness (QED) is 0.380. The number of halogens is 1. The highest BCUT2D eigenvalue weighted by molar-refractivity contribution is 4.47. The number of aliphatic hydroxyl groups is 1. The highest BCUT2D eigenvalue weighted by Gasteiger charge is 2.13. The minimum Gasteiger partial charge on any atom is -1.00 e. The molecule has 0 rings (SSSR count). The van der Waals surface area contributed by atoms with Crippen LogP contribution in [0.1, 0.15) is 77.6 Å². The average Bonchev–Trinajstić information content (AvgIpc) is 2.37. The van der Waals surface area contributed by atoms with Crippen LogP contribution in [0.5, 0.6) is 0 Å². The molecule has 0 aromatic rings. The lowest BCUT2D eigenvalue weighted by atomic mass is 10.1. The molecule has 0 spiro atoms. The Morgan fingerprint density at radius 2 is 1.05 bits per heavy atom. The Kier molecular flexibility index (Phi) is 17.5. The van der Waals surface area contributed by atoms with Gasteiger partial charge < -0.3 is 22.0 Å². The second-order valence-electron chi connectivity index (χ2n) is 6.64. The van der Waals surface area contributed by atoms with Crippen LogP contribution in [0.15, 0.2) is 0 Å². The van der Waals surface area contributed by atoms with Crippen molar-refractivity contribution < 1.29 is 22.0 Å². The zero-order valence-electron chi connectivity index (χ0n) is 14.2. The van der Waals surface area contributed by atoms with E-state index in [9.17, 15) is 0 Å². The van der Waals surface area contributed by atoms with Gasteiger partial charge in [0.25, 0.3) is 0 Å². The number of quaternary nitrogens is 1. The third-order valence-electron chi connectivity index (χ3n) is 4.04. The zero-order valence-corrected chi connectivity index (χ0v) is 14.9. The van der Waals surface area contributed by atoms with Crippen LogP contribution in [-0.4, -0.2) is 43.4 Å². The van der Waals surface area contributed by atoms with Crippen molar-refractivity contribution in [2.75, 3.05) is 33.8 Å². The van der Waals surface area contributed by atoms with E-state index in [-0.39, 0.29) is 12.4 Å². The predicted octanol–water partition coefficient (Wildman–Crippen LogP) is 1.37. The van der Waals surface area contributed by atoms with E-state index < -0.39 is 0 Å². The van der Waals surface area contributed by atoms with Gasteiger partial charge in [0.1, 0.15) is 0 Å². The molecule has 0 amide bonds. The molecule has 0 saturated carbocycles. The number of rotatable bonds is 14. The summed E-state index contributed by atoms with van der Waals surface area (Å²) in [6.45, 7) is 5.12. The van der Waals surface area contributed by atoms with E-state index in [1.165, 1.54) is 70.9 Å². The summed E-state index contributed by atoms with van der Waals surface area (Å²) in [5.41, 5.74) is 0. The average molecular weight is 308 g/mol. The Morgan fingerprint density at radius 1 is 0.650 bits per heavy atom. The molecule has 124 valence electrons. The van der Waals surface area contributed by atoms with Crippen molar-refractivity contribution in [3.8, 4) is 0 Å². The van der Waals surface area contributed by atoms with Crippen molar-refractivity contribution in [3.05, 3.63) is 0 Å². The van der Waals surface area contributed by atoms with Crippen molar-refractivity contribution >= 4 is 0 Å². The van der Waals surface area contributed by atoms with E-state index in [1.807, 2.05) is 0 Å². The summed E-state index contributed by atoms with van der Waals surface area (Å²) < 4.78 is 1.12. The maximum absolute atomic E-state index is 8.81. The third-order valence-corrected chi connectivity index (χ3v) is 4.04. The van der Waals surface area contributed by atoms with Crippen molar-refractivity contribution in [2.24, 2.45) is 0 Å². The Bertz CT molecular complexity index is 186. The van der Waals surface area contributed by atoms with Crippen molar-refractivity contribution in [1.82, 2.24) is 0 Å². The van der Waals surface area contributed by atoms with Crippen LogP contribution < -0.4 is 12.4 Å². The molecule has 0 atom stereocenters. The van der Waals surface area contributed by atoms with Crippen LogP contribution in [0.25, 0.3) is 0 Å². The van der Waals surface area contributed by atoms with Crippen LogP contribution in [-0.2, 0) is 0 Å². The van der Waals surface area contributed by atoms with Gasteiger partial charge in [0.2, 0.25) is 0 Å².